The molecule has 0 radical (unpaired) electrons. The van der Waals surface area contributed by atoms with E-state index in [4.69, 9.17) is 16.3 Å². The summed E-state index contributed by atoms with van der Waals surface area (Å²) >= 11 is 9.34. The van der Waals surface area contributed by atoms with Gasteiger partial charge in [-0.25, -0.2) is 0 Å². The molecule has 6 heteroatoms. The van der Waals surface area contributed by atoms with Crippen LogP contribution >= 0.6 is 27.5 Å². The number of halogens is 2. The van der Waals surface area contributed by atoms with Crippen LogP contribution in [0.3, 0.4) is 0 Å². The molecule has 1 unspecified atom stereocenters. The molecule has 1 aromatic heterocycles. The molecule has 1 heterocycles. The zero-order valence-corrected chi connectivity index (χ0v) is 14.4. The fraction of sp³-hybridized carbons (Fsp3) is 0.400. The number of hydrogen-bond acceptors (Lipinski definition) is 3. The molecule has 1 N–H and O–H groups in total. The van der Waals surface area contributed by atoms with Crippen LogP contribution in [0.25, 0.3) is 0 Å². The van der Waals surface area contributed by atoms with Gasteiger partial charge in [-0.1, -0.05) is 11.6 Å². The zero-order chi connectivity index (χ0) is 15.4. The van der Waals surface area contributed by atoms with E-state index < -0.39 is 6.10 Å². The molecule has 2 rings (SSSR count). The van der Waals surface area contributed by atoms with Crippen molar-refractivity contribution < 1.29 is 9.84 Å². The Morgan fingerprint density at radius 1 is 1.38 bits per heavy atom. The molecule has 0 bridgehead atoms. The average Bonchev–Trinajstić information content (AvgIpc) is 2.74. The van der Waals surface area contributed by atoms with Crippen LogP contribution in [0.2, 0.25) is 5.02 Å². The van der Waals surface area contributed by atoms with Crippen LogP contribution in [0.15, 0.2) is 28.7 Å². The van der Waals surface area contributed by atoms with E-state index in [0.717, 1.165) is 22.4 Å². The number of benzene rings is 1. The van der Waals surface area contributed by atoms with E-state index in [1.807, 2.05) is 18.5 Å². The maximum Gasteiger partial charge on any atom is 0.119 e. The van der Waals surface area contributed by atoms with Gasteiger partial charge in [0, 0.05) is 18.0 Å². The maximum absolute atomic E-state index is 10.2. The molecule has 0 spiro atoms. The van der Waals surface area contributed by atoms with E-state index in [1.54, 1.807) is 24.3 Å². The van der Waals surface area contributed by atoms with E-state index >= 15 is 0 Å². The number of hydrogen-bond donors (Lipinski definition) is 1. The van der Waals surface area contributed by atoms with E-state index in [-0.39, 0.29) is 6.61 Å². The second-order valence-electron chi connectivity index (χ2n) is 4.78. The van der Waals surface area contributed by atoms with Gasteiger partial charge in [0.15, 0.2) is 0 Å². The van der Waals surface area contributed by atoms with Gasteiger partial charge in [0.25, 0.3) is 0 Å². The molecule has 0 amide bonds. The van der Waals surface area contributed by atoms with E-state index in [1.165, 1.54) is 0 Å². The molecule has 0 saturated heterocycles. The maximum atomic E-state index is 10.2. The number of aliphatic hydroxyl groups excluding tert-OH is 1. The van der Waals surface area contributed by atoms with Crippen molar-refractivity contribution in [2.45, 2.75) is 32.9 Å². The van der Waals surface area contributed by atoms with Crippen molar-refractivity contribution in [2.75, 3.05) is 6.61 Å². The molecular weight excluding hydrogens is 356 g/mol. The van der Waals surface area contributed by atoms with Crippen molar-refractivity contribution in [3.8, 4) is 5.75 Å². The lowest BCUT2D eigenvalue weighted by Gasteiger charge is -2.13. The summed E-state index contributed by atoms with van der Waals surface area (Å²) in [6.07, 6.45) is -0.110. The minimum atomic E-state index is -0.599. The van der Waals surface area contributed by atoms with E-state index in [9.17, 15) is 5.11 Å². The van der Waals surface area contributed by atoms with Crippen molar-refractivity contribution in [3.05, 3.63) is 45.1 Å². The Labute approximate surface area is 137 Å². The second kappa shape index (κ2) is 7.29. The van der Waals surface area contributed by atoms with Crippen LogP contribution in [-0.4, -0.2) is 27.6 Å². The van der Waals surface area contributed by atoms with Gasteiger partial charge < -0.3 is 9.84 Å². The van der Waals surface area contributed by atoms with Crippen LogP contribution in [0.4, 0.5) is 0 Å². The summed E-state index contributed by atoms with van der Waals surface area (Å²) in [5, 5.41) is 15.2. The number of aryl methyl sites for hydroxylation is 2. The molecular formula is C15H18BrClN2O2. The summed E-state index contributed by atoms with van der Waals surface area (Å²) in [5.41, 5.74) is 1.92. The third-order valence-electron chi connectivity index (χ3n) is 3.14. The normalized spacial score (nSPS) is 12.4. The van der Waals surface area contributed by atoms with Crippen LogP contribution < -0.4 is 4.74 Å². The molecule has 0 aliphatic carbocycles. The first-order chi connectivity index (χ1) is 10.0. The Balaban J connectivity index is 1.95. The molecule has 0 aliphatic rings. The summed E-state index contributed by atoms with van der Waals surface area (Å²) < 4.78 is 8.41. The number of aliphatic hydroxyl groups is 1. The minimum Gasteiger partial charge on any atom is -0.491 e. The average molecular weight is 374 g/mol. The minimum absolute atomic E-state index is 0.224. The molecule has 21 heavy (non-hydrogen) atoms. The summed E-state index contributed by atoms with van der Waals surface area (Å²) in [7, 11) is 0. The predicted octanol–water partition coefficient (Wildman–Crippen LogP) is 3.61. The highest BCUT2D eigenvalue weighted by atomic mass is 79.9. The molecule has 114 valence electrons. The zero-order valence-electron chi connectivity index (χ0n) is 12.0. The Kier molecular flexibility index (Phi) is 5.67. The molecule has 2 aromatic rings. The quantitative estimate of drug-likeness (QED) is 0.841. The Morgan fingerprint density at radius 3 is 2.67 bits per heavy atom. The Morgan fingerprint density at radius 2 is 2.05 bits per heavy atom. The highest BCUT2D eigenvalue weighted by Crippen LogP contribution is 2.23. The van der Waals surface area contributed by atoms with Crippen LogP contribution in [0, 0.1) is 6.92 Å². The van der Waals surface area contributed by atoms with Gasteiger partial charge in [-0.2, -0.15) is 5.10 Å². The first kappa shape index (κ1) is 16.3. The van der Waals surface area contributed by atoms with E-state index in [0.29, 0.717) is 17.2 Å². The first-order valence-electron chi connectivity index (χ1n) is 6.79. The third kappa shape index (κ3) is 4.22. The number of rotatable bonds is 6. The SMILES string of the molecule is CCn1nc(C)c(Br)c1CC(O)COc1ccc(Cl)cc1. The molecule has 0 aliphatic heterocycles. The summed E-state index contributed by atoms with van der Waals surface area (Å²) in [6, 6.07) is 7.08. The highest BCUT2D eigenvalue weighted by Gasteiger charge is 2.16. The monoisotopic (exact) mass is 372 g/mol. The lowest BCUT2D eigenvalue weighted by molar-refractivity contribution is 0.106. The van der Waals surface area contributed by atoms with Gasteiger partial charge in [0.2, 0.25) is 0 Å². The molecule has 4 nitrogen and oxygen atoms in total. The first-order valence-corrected chi connectivity index (χ1v) is 7.96. The predicted molar refractivity (Wildman–Crippen MR) is 87.0 cm³/mol. The Hall–Kier alpha value is -1.04. The third-order valence-corrected chi connectivity index (χ3v) is 4.42. The van der Waals surface area contributed by atoms with Gasteiger partial charge in [-0.05, 0) is 54.0 Å². The fourth-order valence-corrected chi connectivity index (χ4v) is 2.64. The lowest BCUT2D eigenvalue weighted by Crippen LogP contribution is -2.22. The lowest BCUT2D eigenvalue weighted by atomic mass is 10.2. The fourth-order valence-electron chi connectivity index (χ4n) is 2.07. The second-order valence-corrected chi connectivity index (χ2v) is 6.01. The number of aromatic nitrogens is 2. The van der Waals surface area contributed by atoms with Crippen molar-refractivity contribution in [2.24, 2.45) is 0 Å². The summed E-state index contributed by atoms with van der Waals surface area (Å²) in [5.74, 6) is 0.692. The van der Waals surface area contributed by atoms with Crippen molar-refractivity contribution in [1.29, 1.82) is 0 Å². The van der Waals surface area contributed by atoms with Gasteiger partial charge in [-0.3, -0.25) is 4.68 Å². The molecule has 0 fully saturated rings. The number of ether oxygens (including phenoxy) is 1. The van der Waals surface area contributed by atoms with Gasteiger partial charge in [0.05, 0.1) is 22.0 Å². The number of nitrogens with zero attached hydrogens (tertiary/aromatic N) is 2. The van der Waals surface area contributed by atoms with Crippen molar-refractivity contribution in [3.63, 3.8) is 0 Å². The van der Waals surface area contributed by atoms with Gasteiger partial charge in [-0.15, -0.1) is 0 Å². The largest absolute Gasteiger partial charge is 0.491 e. The summed E-state index contributed by atoms with van der Waals surface area (Å²) in [6.45, 7) is 4.96. The molecule has 1 atom stereocenters. The molecule has 1 aromatic carbocycles. The van der Waals surface area contributed by atoms with Crippen molar-refractivity contribution in [1.82, 2.24) is 9.78 Å². The Bertz CT molecular complexity index is 598. The topological polar surface area (TPSA) is 47.3 Å². The van der Waals surface area contributed by atoms with Gasteiger partial charge >= 0.3 is 0 Å². The van der Waals surface area contributed by atoms with Crippen LogP contribution in [0.1, 0.15) is 18.3 Å². The van der Waals surface area contributed by atoms with Crippen LogP contribution in [0.5, 0.6) is 5.75 Å². The van der Waals surface area contributed by atoms with E-state index in [2.05, 4.69) is 21.0 Å². The standard InChI is InChI=1S/C15H18BrClN2O2/c1-3-19-14(15(16)10(2)18-19)8-12(20)9-21-13-6-4-11(17)5-7-13/h4-7,12,20H,3,8-9H2,1-2H3. The van der Waals surface area contributed by atoms with Crippen LogP contribution in [-0.2, 0) is 13.0 Å². The smallest absolute Gasteiger partial charge is 0.119 e. The summed E-state index contributed by atoms with van der Waals surface area (Å²) in [4.78, 5) is 0. The van der Waals surface area contributed by atoms with Crippen molar-refractivity contribution >= 4 is 27.5 Å². The van der Waals surface area contributed by atoms with Gasteiger partial charge in [0.1, 0.15) is 12.4 Å². The molecule has 0 saturated carbocycles. The highest BCUT2D eigenvalue weighted by molar-refractivity contribution is 9.10.